The fourth-order valence-corrected chi connectivity index (χ4v) is 3.73. The Morgan fingerprint density at radius 2 is 1.86 bits per heavy atom. The molecule has 0 unspecified atom stereocenters. The molecule has 0 atom stereocenters. The predicted octanol–water partition coefficient (Wildman–Crippen LogP) is 2.64. The minimum atomic E-state index is -0.627. The molecule has 0 aromatic carbocycles. The molecule has 0 aliphatic heterocycles. The first-order chi connectivity index (χ1) is 10.1. The van der Waals surface area contributed by atoms with Crippen LogP contribution in [0.4, 0.5) is 0 Å². The highest BCUT2D eigenvalue weighted by molar-refractivity contribution is 5.72. The van der Waals surface area contributed by atoms with Crippen molar-refractivity contribution in [3.05, 3.63) is 0 Å². The van der Waals surface area contributed by atoms with Crippen LogP contribution < -0.4 is 5.32 Å². The van der Waals surface area contributed by atoms with Gasteiger partial charge in [-0.25, -0.2) is 0 Å². The van der Waals surface area contributed by atoms with Crippen LogP contribution in [0, 0.1) is 11.8 Å². The number of rotatable bonds is 6. The number of ether oxygens (including phenoxy) is 1. The summed E-state index contributed by atoms with van der Waals surface area (Å²) in [7, 11) is 0. The van der Waals surface area contributed by atoms with E-state index < -0.39 is 5.60 Å². The lowest BCUT2D eigenvalue weighted by Crippen LogP contribution is -2.45. The van der Waals surface area contributed by atoms with Gasteiger partial charge in [0.15, 0.2) is 0 Å². The molecule has 0 aromatic heterocycles. The SMILES string of the molecule is CCOC(=O)C1CCC(O)(CNCC2CCCCC2)CC1. The summed E-state index contributed by atoms with van der Waals surface area (Å²) in [4.78, 5) is 11.7. The molecule has 2 aliphatic rings. The third-order valence-corrected chi connectivity index (χ3v) is 5.15. The second-order valence-electron chi connectivity index (χ2n) is 6.89. The maximum atomic E-state index is 11.7. The topological polar surface area (TPSA) is 58.6 Å². The van der Waals surface area contributed by atoms with Gasteiger partial charge in [0.1, 0.15) is 0 Å². The molecule has 2 fully saturated rings. The maximum Gasteiger partial charge on any atom is 0.308 e. The fraction of sp³-hybridized carbons (Fsp3) is 0.941. The Kier molecular flexibility index (Phi) is 6.49. The average Bonchev–Trinajstić information content (AvgIpc) is 2.49. The minimum Gasteiger partial charge on any atom is -0.466 e. The molecule has 4 nitrogen and oxygen atoms in total. The second kappa shape index (κ2) is 8.14. The Hall–Kier alpha value is -0.610. The maximum absolute atomic E-state index is 11.7. The first kappa shape index (κ1) is 16.8. The van der Waals surface area contributed by atoms with E-state index in [0.29, 0.717) is 26.0 Å². The molecule has 0 radical (unpaired) electrons. The summed E-state index contributed by atoms with van der Waals surface area (Å²) in [5.41, 5.74) is -0.627. The van der Waals surface area contributed by atoms with Crippen molar-refractivity contribution in [1.29, 1.82) is 0 Å². The van der Waals surface area contributed by atoms with Crippen molar-refractivity contribution in [3.8, 4) is 0 Å². The predicted molar refractivity (Wildman–Crippen MR) is 83.0 cm³/mol. The second-order valence-corrected chi connectivity index (χ2v) is 6.89. The van der Waals surface area contributed by atoms with Gasteiger partial charge >= 0.3 is 5.97 Å². The van der Waals surface area contributed by atoms with Gasteiger partial charge in [-0.1, -0.05) is 19.3 Å². The first-order valence-electron chi connectivity index (χ1n) is 8.73. The van der Waals surface area contributed by atoms with Crippen LogP contribution in [0.2, 0.25) is 0 Å². The number of hydrogen-bond donors (Lipinski definition) is 2. The largest absolute Gasteiger partial charge is 0.466 e. The number of nitrogens with one attached hydrogen (secondary N) is 1. The summed E-state index contributed by atoms with van der Waals surface area (Å²) >= 11 is 0. The van der Waals surface area contributed by atoms with Crippen LogP contribution in [0.3, 0.4) is 0 Å². The molecular formula is C17H31NO3. The number of aliphatic hydroxyl groups is 1. The van der Waals surface area contributed by atoms with Gasteiger partial charge < -0.3 is 15.2 Å². The lowest BCUT2D eigenvalue weighted by atomic mass is 9.78. The van der Waals surface area contributed by atoms with Gasteiger partial charge in [0.05, 0.1) is 18.1 Å². The molecule has 0 saturated heterocycles. The fourth-order valence-electron chi connectivity index (χ4n) is 3.73. The first-order valence-corrected chi connectivity index (χ1v) is 8.73. The zero-order valence-electron chi connectivity index (χ0n) is 13.4. The molecule has 0 amide bonds. The van der Waals surface area contributed by atoms with E-state index in [1.54, 1.807) is 0 Å². The third-order valence-electron chi connectivity index (χ3n) is 5.15. The monoisotopic (exact) mass is 297 g/mol. The van der Waals surface area contributed by atoms with Gasteiger partial charge in [-0.15, -0.1) is 0 Å². The highest BCUT2D eigenvalue weighted by atomic mass is 16.5. The van der Waals surface area contributed by atoms with E-state index in [-0.39, 0.29) is 11.9 Å². The molecular weight excluding hydrogens is 266 g/mol. The van der Waals surface area contributed by atoms with E-state index in [4.69, 9.17) is 4.74 Å². The summed E-state index contributed by atoms with van der Waals surface area (Å²) in [6.07, 6.45) is 9.67. The van der Waals surface area contributed by atoms with E-state index in [2.05, 4.69) is 5.32 Å². The molecule has 2 N–H and O–H groups in total. The van der Waals surface area contributed by atoms with Gasteiger partial charge in [0.2, 0.25) is 0 Å². The van der Waals surface area contributed by atoms with Crippen molar-refractivity contribution in [2.45, 2.75) is 70.3 Å². The Morgan fingerprint density at radius 1 is 1.19 bits per heavy atom. The average molecular weight is 297 g/mol. The van der Waals surface area contributed by atoms with Crippen molar-refractivity contribution < 1.29 is 14.6 Å². The normalized spacial score (nSPS) is 31.0. The van der Waals surface area contributed by atoms with Gasteiger partial charge in [-0.3, -0.25) is 4.79 Å². The molecule has 2 aliphatic carbocycles. The molecule has 2 saturated carbocycles. The van der Waals surface area contributed by atoms with Gasteiger partial charge in [0.25, 0.3) is 0 Å². The van der Waals surface area contributed by atoms with E-state index in [1.165, 1.54) is 32.1 Å². The van der Waals surface area contributed by atoms with Crippen molar-refractivity contribution in [2.24, 2.45) is 11.8 Å². The lowest BCUT2D eigenvalue weighted by Gasteiger charge is -2.36. The molecule has 2 rings (SSSR count). The van der Waals surface area contributed by atoms with Crippen molar-refractivity contribution in [2.75, 3.05) is 19.7 Å². The Morgan fingerprint density at radius 3 is 2.48 bits per heavy atom. The number of carbonyl (C=O) groups is 1. The van der Waals surface area contributed by atoms with Crippen LogP contribution in [-0.2, 0) is 9.53 Å². The van der Waals surface area contributed by atoms with E-state index in [0.717, 1.165) is 25.3 Å². The van der Waals surface area contributed by atoms with E-state index in [1.807, 2.05) is 6.92 Å². The molecule has 4 heteroatoms. The Labute approximate surface area is 128 Å². The van der Waals surface area contributed by atoms with Gasteiger partial charge in [0, 0.05) is 6.54 Å². The summed E-state index contributed by atoms with van der Waals surface area (Å²) in [5, 5.41) is 14.1. The summed E-state index contributed by atoms with van der Waals surface area (Å²) in [6, 6.07) is 0. The molecule has 21 heavy (non-hydrogen) atoms. The number of hydrogen-bond acceptors (Lipinski definition) is 4. The van der Waals surface area contributed by atoms with Crippen molar-refractivity contribution in [1.82, 2.24) is 5.32 Å². The zero-order chi connectivity index (χ0) is 15.1. The van der Waals surface area contributed by atoms with Crippen LogP contribution in [0.1, 0.15) is 64.7 Å². The lowest BCUT2D eigenvalue weighted by molar-refractivity contribution is -0.151. The van der Waals surface area contributed by atoms with Crippen molar-refractivity contribution in [3.63, 3.8) is 0 Å². The molecule has 122 valence electrons. The summed E-state index contributed by atoms with van der Waals surface area (Å²) in [5.74, 6) is 0.691. The zero-order valence-corrected chi connectivity index (χ0v) is 13.4. The standard InChI is InChI=1S/C17H31NO3/c1-2-21-16(19)15-8-10-17(20,11-9-15)13-18-12-14-6-4-3-5-7-14/h14-15,18,20H,2-13H2,1H3. The highest BCUT2D eigenvalue weighted by Crippen LogP contribution is 2.32. The van der Waals surface area contributed by atoms with Gasteiger partial charge in [-0.05, 0) is 57.9 Å². The van der Waals surface area contributed by atoms with E-state index >= 15 is 0 Å². The Balaban J connectivity index is 1.65. The van der Waals surface area contributed by atoms with Crippen LogP contribution in [-0.4, -0.2) is 36.4 Å². The third kappa shape index (κ3) is 5.26. The minimum absolute atomic E-state index is 0.0106. The quantitative estimate of drug-likeness (QED) is 0.740. The summed E-state index contributed by atoms with van der Waals surface area (Å²) < 4.78 is 5.07. The summed E-state index contributed by atoms with van der Waals surface area (Å²) in [6.45, 7) is 3.98. The van der Waals surface area contributed by atoms with E-state index in [9.17, 15) is 9.90 Å². The Bertz CT molecular complexity index is 318. The molecule has 0 spiro atoms. The van der Waals surface area contributed by atoms with Gasteiger partial charge in [-0.2, -0.15) is 0 Å². The highest BCUT2D eigenvalue weighted by Gasteiger charge is 2.36. The number of carbonyl (C=O) groups excluding carboxylic acids is 1. The molecule has 0 heterocycles. The molecule has 0 aromatic rings. The number of esters is 1. The van der Waals surface area contributed by atoms with Crippen molar-refractivity contribution >= 4 is 5.97 Å². The van der Waals surface area contributed by atoms with Crippen LogP contribution in [0.25, 0.3) is 0 Å². The molecule has 0 bridgehead atoms. The van der Waals surface area contributed by atoms with Crippen LogP contribution in [0.5, 0.6) is 0 Å². The van der Waals surface area contributed by atoms with Crippen LogP contribution >= 0.6 is 0 Å². The van der Waals surface area contributed by atoms with Crippen LogP contribution in [0.15, 0.2) is 0 Å². The smallest absolute Gasteiger partial charge is 0.308 e.